The van der Waals surface area contributed by atoms with E-state index in [2.05, 4.69) is 24.8 Å². The molecule has 80 valence electrons. The van der Waals surface area contributed by atoms with Crippen LogP contribution in [-0.4, -0.2) is 5.97 Å². The van der Waals surface area contributed by atoms with Crippen molar-refractivity contribution in [2.75, 3.05) is 0 Å². The summed E-state index contributed by atoms with van der Waals surface area (Å²) < 4.78 is 6.49. The Bertz CT molecular complexity index is 533. The molecular weight excluding hydrogens is 220 g/mol. The van der Waals surface area contributed by atoms with Gasteiger partial charge in [-0.1, -0.05) is 24.8 Å². The molecule has 1 saturated heterocycles. The summed E-state index contributed by atoms with van der Waals surface area (Å²) in [5, 5.41) is 1.20. The summed E-state index contributed by atoms with van der Waals surface area (Å²) in [6.45, 7) is 3.69. The van der Waals surface area contributed by atoms with Crippen LogP contribution >= 0.6 is 11.3 Å². The number of rotatable bonds is 1. The maximum absolute atomic E-state index is 11.3. The molecule has 1 aliphatic heterocycles. The Kier molecular flexibility index (Phi) is 2.07. The number of esters is 1. The Morgan fingerprint density at radius 3 is 2.88 bits per heavy atom. The SMILES string of the molecule is C=C1CC(c2cc3ccccc3s2)OC1=O. The van der Waals surface area contributed by atoms with Gasteiger partial charge in [-0.3, -0.25) is 0 Å². The minimum absolute atomic E-state index is 0.127. The number of cyclic esters (lactones) is 1. The van der Waals surface area contributed by atoms with Crippen LogP contribution in [0.1, 0.15) is 17.4 Å². The van der Waals surface area contributed by atoms with Crippen LogP contribution in [0.2, 0.25) is 0 Å². The van der Waals surface area contributed by atoms with Crippen molar-refractivity contribution in [3.05, 3.63) is 47.4 Å². The maximum Gasteiger partial charge on any atom is 0.334 e. The molecule has 1 aromatic heterocycles. The molecule has 2 nitrogen and oxygen atoms in total. The number of carbonyl (C=O) groups is 1. The highest BCUT2D eigenvalue weighted by molar-refractivity contribution is 7.19. The van der Waals surface area contributed by atoms with Gasteiger partial charge in [0.1, 0.15) is 6.10 Å². The molecule has 1 aromatic carbocycles. The molecule has 0 spiro atoms. The van der Waals surface area contributed by atoms with Crippen LogP contribution < -0.4 is 0 Å². The van der Waals surface area contributed by atoms with E-state index in [0.29, 0.717) is 12.0 Å². The molecular formula is C13H10O2S. The van der Waals surface area contributed by atoms with Crippen molar-refractivity contribution in [2.45, 2.75) is 12.5 Å². The van der Waals surface area contributed by atoms with Gasteiger partial charge in [-0.15, -0.1) is 11.3 Å². The Balaban J connectivity index is 2.01. The molecule has 0 aliphatic carbocycles. The first-order valence-electron chi connectivity index (χ1n) is 5.11. The first kappa shape index (κ1) is 9.60. The van der Waals surface area contributed by atoms with Crippen LogP contribution in [0, 0.1) is 0 Å². The lowest BCUT2D eigenvalue weighted by molar-refractivity contribution is -0.138. The van der Waals surface area contributed by atoms with E-state index in [-0.39, 0.29) is 12.1 Å². The number of hydrogen-bond donors (Lipinski definition) is 0. The van der Waals surface area contributed by atoms with Gasteiger partial charge in [0.05, 0.1) is 0 Å². The molecule has 1 unspecified atom stereocenters. The summed E-state index contributed by atoms with van der Waals surface area (Å²) in [7, 11) is 0. The van der Waals surface area contributed by atoms with Crippen molar-refractivity contribution in [1.82, 2.24) is 0 Å². The number of hydrogen-bond acceptors (Lipinski definition) is 3. The van der Waals surface area contributed by atoms with Crippen LogP contribution in [0.15, 0.2) is 42.5 Å². The topological polar surface area (TPSA) is 26.3 Å². The Morgan fingerprint density at radius 1 is 1.38 bits per heavy atom. The lowest BCUT2D eigenvalue weighted by atomic mass is 10.1. The van der Waals surface area contributed by atoms with Gasteiger partial charge >= 0.3 is 5.97 Å². The van der Waals surface area contributed by atoms with E-state index < -0.39 is 0 Å². The fourth-order valence-electron chi connectivity index (χ4n) is 1.88. The normalized spacial score (nSPS) is 20.4. The standard InChI is InChI=1S/C13H10O2S/c1-8-6-10(15-13(8)14)12-7-9-4-2-3-5-11(9)16-12/h2-5,7,10H,1,6H2. The van der Waals surface area contributed by atoms with Gasteiger partial charge < -0.3 is 4.74 Å². The van der Waals surface area contributed by atoms with E-state index in [4.69, 9.17) is 4.74 Å². The second-order valence-corrected chi connectivity index (χ2v) is 5.00. The van der Waals surface area contributed by atoms with Crippen LogP contribution in [0.4, 0.5) is 0 Å². The Hall–Kier alpha value is -1.61. The lowest BCUT2D eigenvalue weighted by Crippen LogP contribution is -1.96. The number of thiophene rings is 1. The van der Waals surface area contributed by atoms with Crippen molar-refractivity contribution in [3.63, 3.8) is 0 Å². The molecule has 0 radical (unpaired) electrons. The number of fused-ring (bicyclic) bond motifs is 1. The molecule has 0 N–H and O–H groups in total. The van der Waals surface area contributed by atoms with Gasteiger partial charge in [-0.25, -0.2) is 4.79 Å². The predicted octanol–water partition coefficient (Wildman–Crippen LogP) is 3.45. The average molecular weight is 230 g/mol. The van der Waals surface area contributed by atoms with Crippen LogP contribution in [0.3, 0.4) is 0 Å². The molecule has 1 atom stereocenters. The van der Waals surface area contributed by atoms with Gasteiger partial charge in [0.15, 0.2) is 0 Å². The maximum atomic E-state index is 11.3. The highest BCUT2D eigenvalue weighted by Crippen LogP contribution is 2.38. The summed E-state index contributed by atoms with van der Waals surface area (Å²) in [6.07, 6.45) is 0.489. The second kappa shape index (κ2) is 3.46. The number of benzene rings is 1. The highest BCUT2D eigenvalue weighted by atomic mass is 32.1. The predicted molar refractivity (Wildman–Crippen MR) is 64.4 cm³/mol. The molecule has 2 heterocycles. The molecule has 1 fully saturated rings. The average Bonchev–Trinajstić information content (AvgIpc) is 2.83. The van der Waals surface area contributed by atoms with E-state index in [9.17, 15) is 4.79 Å². The van der Waals surface area contributed by atoms with Gasteiger partial charge in [0.2, 0.25) is 0 Å². The smallest absolute Gasteiger partial charge is 0.334 e. The van der Waals surface area contributed by atoms with Crippen LogP contribution in [0.5, 0.6) is 0 Å². The number of carbonyl (C=O) groups excluding carboxylic acids is 1. The fourth-order valence-corrected chi connectivity index (χ4v) is 2.98. The highest BCUT2D eigenvalue weighted by Gasteiger charge is 2.29. The summed E-state index contributed by atoms with van der Waals surface area (Å²) >= 11 is 1.68. The summed E-state index contributed by atoms with van der Waals surface area (Å²) in [4.78, 5) is 12.4. The largest absolute Gasteiger partial charge is 0.453 e. The lowest BCUT2D eigenvalue weighted by Gasteiger charge is -2.03. The quantitative estimate of drug-likeness (QED) is 0.554. The fraction of sp³-hybridized carbons (Fsp3) is 0.154. The third kappa shape index (κ3) is 1.44. The molecule has 2 aromatic rings. The van der Waals surface area contributed by atoms with Crippen molar-refractivity contribution in [1.29, 1.82) is 0 Å². The number of ether oxygens (including phenoxy) is 1. The van der Waals surface area contributed by atoms with Gasteiger partial charge in [-0.2, -0.15) is 0 Å². The van der Waals surface area contributed by atoms with Crippen LogP contribution in [0.25, 0.3) is 10.1 Å². The van der Waals surface area contributed by atoms with Crippen molar-refractivity contribution >= 4 is 27.4 Å². The molecule has 16 heavy (non-hydrogen) atoms. The summed E-state index contributed by atoms with van der Waals surface area (Å²) in [5.41, 5.74) is 0.572. The zero-order valence-electron chi connectivity index (χ0n) is 8.60. The third-order valence-electron chi connectivity index (χ3n) is 2.73. The molecule has 0 amide bonds. The summed E-state index contributed by atoms with van der Waals surface area (Å²) in [6, 6.07) is 10.3. The zero-order chi connectivity index (χ0) is 11.1. The minimum Gasteiger partial charge on any atom is -0.453 e. The monoisotopic (exact) mass is 230 g/mol. The minimum atomic E-state index is -0.262. The molecule has 0 saturated carbocycles. The molecule has 0 bridgehead atoms. The van der Waals surface area contributed by atoms with Crippen molar-refractivity contribution in [3.8, 4) is 0 Å². The second-order valence-electron chi connectivity index (χ2n) is 3.89. The van der Waals surface area contributed by atoms with E-state index >= 15 is 0 Å². The first-order valence-corrected chi connectivity index (χ1v) is 5.93. The first-order chi connectivity index (χ1) is 7.74. The van der Waals surface area contributed by atoms with Gasteiger partial charge in [0.25, 0.3) is 0 Å². The summed E-state index contributed by atoms with van der Waals surface area (Å²) in [5.74, 6) is -0.262. The van der Waals surface area contributed by atoms with E-state index in [1.165, 1.54) is 10.1 Å². The van der Waals surface area contributed by atoms with Crippen molar-refractivity contribution < 1.29 is 9.53 Å². The van der Waals surface area contributed by atoms with E-state index in [0.717, 1.165) is 4.88 Å². The van der Waals surface area contributed by atoms with Gasteiger partial charge in [-0.05, 0) is 17.5 Å². The van der Waals surface area contributed by atoms with Crippen molar-refractivity contribution in [2.24, 2.45) is 0 Å². The van der Waals surface area contributed by atoms with E-state index in [1.807, 2.05) is 12.1 Å². The van der Waals surface area contributed by atoms with Gasteiger partial charge in [0, 0.05) is 21.6 Å². The molecule has 1 aliphatic rings. The molecule has 3 heteroatoms. The zero-order valence-corrected chi connectivity index (χ0v) is 9.42. The molecule has 3 rings (SSSR count). The van der Waals surface area contributed by atoms with E-state index in [1.54, 1.807) is 11.3 Å². The van der Waals surface area contributed by atoms with Crippen LogP contribution in [-0.2, 0) is 9.53 Å². The third-order valence-corrected chi connectivity index (χ3v) is 3.94. The Labute approximate surface area is 97.2 Å². The Morgan fingerprint density at radius 2 is 2.19 bits per heavy atom.